The standard InChI is InChI=1S/C31H34FN3O5/c1-30(2,3)40-29(38)35-14-13-31(39,17-21(35)15-19-7-5-4-6-8-19)24-10-11-25-23(27(24)32)16-20(18-33-25)22-9-12-26(36)34-28(22)37/h4-8,10-11,16,18,21-22,39H,9,12-15,17H2,1-3H3,(H,34,36,37). The van der Waals surface area contributed by atoms with Crippen LogP contribution in [0.4, 0.5) is 9.18 Å². The Morgan fingerprint density at radius 3 is 2.65 bits per heavy atom. The van der Waals surface area contributed by atoms with Crippen molar-refractivity contribution in [3.8, 4) is 0 Å². The summed E-state index contributed by atoms with van der Waals surface area (Å²) in [7, 11) is 0. The van der Waals surface area contributed by atoms with E-state index in [0.29, 0.717) is 23.9 Å². The van der Waals surface area contributed by atoms with Gasteiger partial charge >= 0.3 is 6.09 Å². The first kappa shape index (κ1) is 27.7. The third-order valence-corrected chi connectivity index (χ3v) is 7.69. The van der Waals surface area contributed by atoms with Gasteiger partial charge in [0.1, 0.15) is 11.4 Å². The Morgan fingerprint density at radius 2 is 1.95 bits per heavy atom. The third-order valence-electron chi connectivity index (χ3n) is 7.69. The number of hydrogen-bond acceptors (Lipinski definition) is 6. The number of carbonyl (C=O) groups excluding carboxylic acids is 3. The summed E-state index contributed by atoms with van der Waals surface area (Å²) >= 11 is 0. The number of imide groups is 1. The molecule has 0 spiro atoms. The van der Waals surface area contributed by atoms with E-state index in [9.17, 15) is 19.5 Å². The van der Waals surface area contributed by atoms with E-state index in [1.807, 2.05) is 30.3 Å². The first-order valence-corrected chi connectivity index (χ1v) is 13.6. The molecule has 210 valence electrons. The van der Waals surface area contributed by atoms with Crippen molar-refractivity contribution in [2.24, 2.45) is 0 Å². The number of carbonyl (C=O) groups is 3. The van der Waals surface area contributed by atoms with Gasteiger partial charge in [0.25, 0.3) is 0 Å². The molecular formula is C31H34FN3O5. The molecule has 0 aliphatic carbocycles. The van der Waals surface area contributed by atoms with Gasteiger partial charge in [-0.3, -0.25) is 19.9 Å². The first-order chi connectivity index (χ1) is 18.9. The molecule has 2 aliphatic heterocycles. The van der Waals surface area contributed by atoms with Gasteiger partial charge < -0.3 is 14.7 Å². The summed E-state index contributed by atoms with van der Waals surface area (Å²) < 4.78 is 21.8. The van der Waals surface area contributed by atoms with Crippen LogP contribution in [-0.2, 0) is 26.3 Å². The highest BCUT2D eigenvalue weighted by Gasteiger charge is 2.44. The lowest BCUT2D eigenvalue weighted by Gasteiger charge is -2.44. The molecule has 2 N–H and O–H groups in total. The Labute approximate surface area is 232 Å². The SMILES string of the molecule is CC(C)(C)OC(=O)N1CCC(O)(c2ccc3ncc(C4CCC(=O)NC4=O)cc3c2F)CC1Cc1ccccc1. The fourth-order valence-corrected chi connectivity index (χ4v) is 5.71. The number of hydrogen-bond donors (Lipinski definition) is 2. The van der Waals surface area contributed by atoms with Gasteiger partial charge in [-0.25, -0.2) is 9.18 Å². The van der Waals surface area contributed by atoms with Crippen LogP contribution in [0.3, 0.4) is 0 Å². The molecule has 8 nitrogen and oxygen atoms in total. The van der Waals surface area contributed by atoms with Crippen molar-refractivity contribution in [3.05, 3.63) is 77.2 Å². The summed E-state index contributed by atoms with van der Waals surface area (Å²) in [6, 6.07) is 14.0. The van der Waals surface area contributed by atoms with Crippen molar-refractivity contribution in [2.75, 3.05) is 6.54 Å². The highest BCUT2D eigenvalue weighted by atomic mass is 19.1. The molecule has 3 unspecified atom stereocenters. The molecule has 40 heavy (non-hydrogen) atoms. The van der Waals surface area contributed by atoms with Gasteiger partial charge in [0.15, 0.2) is 0 Å². The fraction of sp³-hybridized carbons (Fsp3) is 0.419. The van der Waals surface area contributed by atoms with Gasteiger partial charge in [0, 0.05) is 42.6 Å². The third kappa shape index (κ3) is 5.70. The van der Waals surface area contributed by atoms with Crippen LogP contribution in [0, 0.1) is 5.82 Å². The lowest BCUT2D eigenvalue weighted by atomic mass is 9.78. The van der Waals surface area contributed by atoms with E-state index in [-0.39, 0.29) is 42.7 Å². The molecule has 3 amide bonds. The molecule has 0 radical (unpaired) electrons. The Kier molecular flexibility index (Phi) is 7.35. The highest BCUT2D eigenvalue weighted by molar-refractivity contribution is 6.01. The molecule has 2 saturated heterocycles. The minimum atomic E-state index is -1.54. The van der Waals surface area contributed by atoms with E-state index in [1.54, 1.807) is 43.9 Å². The van der Waals surface area contributed by atoms with Gasteiger partial charge in [-0.2, -0.15) is 0 Å². The minimum absolute atomic E-state index is 0.115. The number of likely N-dealkylation sites (tertiary alicyclic amines) is 1. The van der Waals surface area contributed by atoms with Crippen LogP contribution in [0.15, 0.2) is 54.7 Å². The first-order valence-electron chi connectivity index (χ1n) is 13.6. The van der Waals surface area contributed by atoms with E-state index in [4.69, 9.17) is 4.74 Å². The summed E-state index contributed by atoms with van der Waals surface area (Å²) in [5.74, 6) is -1.96. The molecule has 5 rings (SSSR count). The smallest absolute Gasteiger partial charge is 0.410 e. The second kappa shape index (κ2) is 10.6. The van der Waals surface area contributed by atoms with Crippen molar-refractivity contribution in [1.82, 2.24) is 15.2 Å². The van der Waals surface area contributed by atoms with Crippen molar-refractivity contribution >= 4 is 28.8 Å². The predicted molar refractivity (Wildman–Crippen MR) is 147 cm³/mol. The normalized spacial score (nSPS) is 23.7. The number of benzene rings is 2. The zero-order valence-corrected chi connectivity index (χ0v) is 22.9. The van der Waals surface area contributed by atoms with Gasteiger partial charge in [-0.15, -0.1) is 0 Å². The average Bonchev–Trinajstić information content (AvgIpc) is 2.88. The fourth-order valence-electron chi connectivity index (χ4n) is 5.71. The number of piperidine rings is 2. The zero-order chi connectivity index (χ0) is 28.7. The zero-order valence-electron chi connectivity index (χ0n) is 22.9. The number of amides is 3. The van der Waals surface area contributed by atoms with E-state index in [2.05, 4.69) is 10.3 Å². The van der Waals surface area contributed by atoms with Crippen LogP contribution in [0.5, 0.6) is 0 Å². The number of fused-ring (bicyclic) bond motifs is 1. The minimum Gasteiger partial charge on any atom is -0.444 e. The van der Waals surface area contributed by atoms with Crippen molar-refractivity contribution < 1.29 is 28.6 Å². The Morgan fingerprint density at radius 1 is 1.20 bits per heavy atom. The molecule has 3 heterocycles. The number of nitrogens with zero attached hydrogens (tertiary/aromatic N) is 2. The Hall–Kier alpha value is -3.85. The second-order valence-electron chi connectivity index (χ2n) is 11.8. The van der Waals surface area contributed by atoms with E-state index in [0.717, 1.165) is 5.56 Å². The van der Waals surface area contributed by atoms with Crippen LogP contribution >= 0.6 is 0 Å². The number of ether oxygens (including phenoxy) is 1. The molecule has 2 aromatic carbocycles. The predicted octanol–water partition coefficient (Wildman–Crippen LogP) is 4.72. The van der Waals surface area contributed by atoms with Crippen LogP contribution in [0.25, 0.3) is 10.9 Å². The van der Waals surface area contributed by atoms with Crippen molar-refractivity contribution in [1.29, 1.82) is 0 Å². The van der Waals surface area contributed by atoms with E-state index in [1.165, 1.54) is 6.20 Å². The molecule has 0 bridgehead atoms. The lowest BCUT2D eigenvalue weighted by molar-refractivity contribution is -0.134. The number of halogens is 1. The number of aliphatic hydroxyl groups is 1. The number of rotatable bonds is 4. The van der Waals surface area contributed by atoms with E-state index >= 15 is 4.39 Å². The van der Waals surface area contributed by atoms with Gasteiger partial charge in [-0.1, -0.05) is 36.4 Å². The maximum absolute atomic E-state index is 16.2. The van der Waals surface area contributed by atoms with Crippen LogP contribution in [0.2, 0.25) is 0 Å². The number of nitrogens with one attached hydrogen (secondary N) is 1. The maximum atomic E-state index is 16.2. The molecule has 2 aliphatic rings. The van der Waals surface area contributed by atoms with Crippen molar-refractivity contribution in [3.63, 3.8) is 0 Å². The molecule has 0 saturated carbocycles. The monoisotopic (exact) mass is 547 g/mol. The maximum Gasteiger partial charge on any atom is 0.410 e. The van der Waals surface area contributed by atoms with Crippen molar-refractivity contribution in [2.45, 2.75) is 76.0 Å². The summed E-state index contributed by atoms with van der Waals surface area (Å²) in [6.45, 7) is 5.60. The molecule has 3 aromatic rings. The largest absolute Gasteiger partial charge is 0.444 e. The molecule has 1 aromatic heterocycles. The summed E-state index contributed by atoms with van der Waals surface area (Å²) in [5, 5.41) is 14.4. The van der Waals surface area contributed by atoms with Crippen LogP contribution < -0.4 is 5.32 Å². The van der Waals surface area contributed by atoms with Gasteiger partial charge in [0.2, 0.25) is 11.8 Å². The second-order valence-corrected chi connectivity index (χ2v) is 11.8. The molecule has 2 fully saturated rings. The molecule has 9 heteroatoms. The lowest BCUT2D eigenvalue weighted by Crippen LogP contribution is -2.53. The van der Waals surface area contributed by atoms with Crippen LogP contribution in [-0.4, -0.2) is 51.1 Å². The average molecular weight is 548 g/mol. The van der Waals surface area contributed by atoms with Gasteiger partial charge in [0.05, 0.1) is 17.0 Å². The van der Waals surface area contributed by atoms with Crippen LogP contribution in [0.1, 0.15) is 69.1 Å². The highest BCUT2D eigenvalue weighted by Crippen LogP contribution is 2.40. The Balaban J connectivity index is 1.48. The van der Waals surface area contributed by atoms with E-state index < -0.39 is 41.0 Å². The summed E-state index contributed by atoms with van der Waals surface area (Å²) in [6.07, 6.45) is 2.31. The summed E-state index contributed by atoms with van der Waals surface area (Å²) in [5.41, 5.74) is -0.192. The number of aromatic nitrogens is 1. The molecule has 3 atom stereocenters. The Bertz CT molecular complexity index is 1450. The number of pyridine rings is 1. The molecular weight excluding hydrogens is 513 g/mol. The summed E-state index contributed by atoms with van der Waals surface area (Å²) in [4.78, 5) is 43.1. The van der Waals surface area contributed by atoms with Gasteiger partial charge in [-0.05, 0) is 63.3 Å². The quantitative estimate of drug-likeness (QED) is 0.458. The topological polar surface area (TPSA) is 109 Å².